The second-order valence-corrected chi connectivity index (χ2v) is 8.19. The summed E-state index contributed by atoms with van der Waals surface area (Å²) in [6, 6.07) is 13.7. The molecule has 0 aliphatic carbocycles. The smallest absolute Gasteiger partial charge is 0.296 e. The molecule has 3 rings (SSSR count). The Morgan fingerprint density at radius 3 is 2.63 bits per heavy atom. The number of ether oxygens (including phenoxy) is 1. The average Bonchev–Trinajstić information content (AvgIpc) is 3.08. The SMILES string of the molecule is CCOc1ccc(N2CC(C(=O)NCc3cccc(NS(N)(=O)=O)c3)CC2=O)cc1. The van der Waals surface area contributed by atoms with Crippen LogP contribution in [0.5, 0.6) is 5.75 Å². The Morgan fingerprint density at radius 2 is 1.97 bits per heavy atom. The Bertz CT molecular complexity index is 1020. The Balaban J connectivity index is 1.58. The van der Waals surface area contributed by atoms with Crippen molar-refractivity contribution in [2.24, 2.45) is 11.1 Å². The Hall–Kier alpha value is -3.11. The van der Waals surface area contributed by atoms with E-state index >= 15 is 0 Å². The van der Waals surface area contributed by atoms with Gasteiger partial charge in [0.1, 0.15) is 5.75 Å². The van der Waals surface area contributed by atoms with Crippen molar-refractivity contribution in [3.05, 3.63) is 54.1 Å². The lowest BCUT2D eigenvalue weighted by molar-refractivity contribution is -0.126. The lowest BCUT2D eigenvalue weighted by Crippen LogP contribution is -2.32. The molecule has 4 N–H and O–H groups in total. The maximum atomic E-state index is 12.6. The van der Waals surface area contributed by atoms with Gasteiger partial charge in [0.2, 0.25) is 11.8 Å². The van der Waals surface area contributed by atoms with Crippen LogP contribution in [0.25, 0.3) is 0 Å². The van der Waals surface area contributed by atoms with Gasteiger partial charge in [-0.3, -0.25) is 14.3 Å². The Labute approximate surface area is 175 Å². The van der Waals surface area contributed by atoms with E-state index in [0.29, 0.717) is 24.4 Å². The molecule has 2 amide bonds. The monoisotopic (exact) mass is 432 g/mol. The summed E-state index contributed by atoms with van der Waals surface area (Å²) in [6.45, 7) is 2.96. The maximum absolute atomic E-state index is 12.6. The normalized spacial score (nSPS) is 16.4. The summed E-state index contributed by atoms with van der Waals surface area (Å²) < 4.78 is 29.9. The number of rotatable bonds is 8. The van der Waals surface area contributed by atoms with E-state index in [9.17, 15) is 18.0 Å². The zero-order valence-electron chi connectivity index (χ0n) is 16.5. The van der Waals surface area contributed by atoms with Gasteiger partial charge in [-0.15, -0.1) is 0 Å². The molecule has 1 unspecified atom stereocenters. The molecule has 10 heteroatoms. The van der Waals surface area contributed by atoms with E-state index in [1.165, 1.54) is 0 Å². The van der Waals surface area contributed by atoms with Crippen LogP contribution in [0, 0.1) is 5.92 Å². The maximum Gasteiger partial charge on any atom is 0.296 e. The Kier molecular flexibility index (Phi) is 6.58. The number of nitrogens with one attached hydrogen (secondary N) is 2. The van der Waals surface area contributed by atoms with Crippen LogP contribution in [-0.2, 0) is 26.3 Å². The zero-order valence-corrected chi connectivity index (χ0v) is 17.3. The second-order valence-electron chi connectivity index (χ2n) is 6.90. The fraction of sp³-hybridized carbons (Fsp3) is 0.300. The van der Waals surface area contributed by atoms with Crippen molar-refractivity contribution >= 4 is 33.4 Å². The van der Waals surface area contributed by atoms with Crippen LogP contribution in [0.15, 0.2) is 48.5 Å². The van der Waals surface area contributed by atoms with Crippen molar-refractivity contribution in [2.45, 2.75) is 19.9 Å². The highest BCUT2D eigenvalue weighted by atomic mass is 32.2. The van der Waals surface area contributed by atoms with Crippen LogP contribution in [0.3, 0.4) is 0 Å². The minimum Gasteiger partial charge on any atom is -0.494 e. The topological polar surface area (TPSA) is 131 Å². The van der Waals surface area contributed by atoms with E-state index in [1.807, 2.05) is 6.92 Å². The fourth-order valence-corrected chi connectivity index (χ4v) is 3.72. The first-order valence-corrected chi connectivity index (χ1v) is 11.0. The molecule has 0 spiro atoms. The first kappa shape index (κ1) is 21.6. The van der Waals surface area contributed by atoms with Gasteiger partial charge in [0, 0.05) is 25.2 Å². The van der Waals surface area contributed by atoms with Gasteiger partial charge in [-0.05, 0) is 48.9 Å². The van der Waals surface area contributed by atoms with Crippen molar-refractivity contribution in [3.63, 3.8) is 0 Å². The number of hydrogen-bond acceptors (Lipinski definition) is 5. The molecule has 1 aliphatic rings. The molecule has 1 fully saturated rings. The lowest BCUT2D eigenvalue weighted by Gasteiger charge is -2.17. The standard InChI is InChI=1S/C20H24N4O5S/c1-2-29-18-8-6-17(7-9-18)24-13-15(11-19(24)25)20(26)22-12-14-4-3-5-16(10-14)23-30(21,27)28/h3-10,15,23H,2,11-13H2,1H3,(H,22,26)(H2,21,27,28). The van der Waals surface area contributed by atoms with Crippen LogP contribution in [0.1, 0.15) is 18.9 Å². The van der Waals surface area contributed by atoms with Crippen LogP contribution < -0.4 is 24.8 Å². The van der Waals surface area contributed by atoms with Gasteiger partial charge in [-0.2, -0.15) is 8.42 Å². The third-order valence-electron chi connectivity index (χ3n) is 4.61. The molecule has 1 heterocycles. The van der Waals surface area contributed by atoms with Gasteiger partial charge >= 0.3 is 0 Å². The molecule has 0 radical (unpaired) electrons. The number of carbonyl (C=O) groups is 2. The molecule has 0 bridgehead atoms. The van der Waals surface area contributed by atoms with E-state index in [-0.39, 0.29) is 24.8 Å². The third kappa shape index (κ3) is 5.71. The van der Waals surface area contributed by atoms with Crippen LogP contribution in [-0.4, -0.2) is 33.4 Å². The van der Waals surface area contributed by atoms with Crippen molar-refractivity contribution in [3.8, 4) is 5.75 Å². The number of nitrogens with zero attached hydrogens (tertiary/aromatic N) is 1. The van der Waals surface area contributed by atoms with Gasteiger partial charge in [0.05, 0.1) is 18.2 Å². The minimum absolute atomic E-state index is 0.112. The van der Waals surface area contributed by atoms with Crippen molar-refractivity contribution in [1.82, 2.24) is 5.32 Å². The first-order valence-electron chi connectivity index (χ1n) is 9.45. The second kappa shape index (κ2) is 9.14. The van der Waals surface area contributed by atoms with Gasteiger partial charge in [-0.1, -0.05) is 12.1 Å². The van der Waals surface area contributed by atoms with Gasteiger partial charge in [0.15, 0.2) is 0 Å². The summed E-state index contributed by atoms with van der Waals surface area (Å²) in [4.78, 5) is 26.5. The summed E-state index contributed by atoms with van der Waals surface area (Å²) in [5, 5.41) is 7.77. The molecular weight excluding hydrogens is 408 g/mol. The fourth-order valence-electron chi connectivity index (χ4n) is 3.26. The number of anilines is 2. The van der Waals surface area contributed by atoms with Crippen molar-refractivity contribution < 1.29 is 22.7 Å². The van der Waals surface area contributed by atoms with Crippen molar-refractivity contribution in [1.29, 1.82) is 0 Å². The van der Waals surface area contributed by atoms with E-state index in [2.05, 4.69) is 10.0 Å². The third-order valence-corrected chi connectivity index (χ3v) is 5.13. The molecule has 0 aromatic heterocycles. The number of benzene rings is 2. The molecule has 2 aromatic carbocycles. The molecule has 0 saturated carbocycles. The van der Waals surface area contributed by atoms with Crippen molar-refractivity contribution in [2.75, 3.05) is 22.8 Å². The minimum atomic E-state index is -3.87. The summed E-state index contributed by atoms with van der Waals surface area (Å²) in [5.74, 6) is -0.0867. The highest BCUT2D eigenvalue weighted by molar-refractivity contribution is 7.90. The highest BCUT2D eigenvalue weighted by Crippen LogP contribution is 2.27. The molecule has 9 nitrogen and oxygen atoms in total. The number of nitrogens with two attached hydrogens (primary N) is 1. The molecule has 160 valence electrons. The summed E-state index contributed by atoms with van der Waals surface area (Å²) in [5.41, 5.74) is 1.73. The van der Waals surface area contributed by atoms with Crippen LogP contribution in [0.4, 0.5) is 11.4 Å². The van der Waals surface area contributed by atoms with Gasteiger partial charge in [0.25, 0.3) is 10.2 Å². The number of carbonyl (C=O) groups excluding carboxylic acids is 2. The largest absolute Gasteiger partial charge is 0.494 e. The van der Waals surface area contributed by atoms with E-state index < -0.39 is 16.1 Å². The number of hydrogen-bond donors (Lipinski definition) is 3. The summed E-state index contributed by atoms with van der Waals surface area (Å²) in [6.07, 6.45) is 0.131. The summed E-state index contributed by atoms with van der Waals surface area (Å²) in [7, 11) is -3.87. The quantitative estimate of drug-likeness (QED) is 0.580. The van der Waals surface area contributed by atoms with E-state index in [0.717, 1.165) is 11.4 Å². The van der Waals surface area contributed by atoms with E-state index in [4.69, 9.17) is 9.88 Å². The lowest BCUT2D eigenvalue weighted by atomic mass is 10.1. The molecule has 30 heavy (non-hydrogen) atoms. The molecule has 1 aliphatic heterocycles. The molecular formula is C20H24N4O5S. The highest BCUT2D eigenvalue weighted by Gasteiger charge is 2.35. The molecule has 1 atom stereocenters. The average molecular weight is 433 g/mol. The Morgan fingerprint density at radius 1 is 1.23 bits per heavy atom. The first-order chi connectivity index (χ1) is 14.2. The molecule has 1 saturated heterocycles. The summed E-state index contributed by atoms with van der Waals surface area (Å²) >= 11 is 0. The van der Waals surface area contributed by atoms with Gasteiger partial charge in [-0.25, -0.2) is 5.14 Å². The predicted octanol–water partition coefficient (Wildman–Crippen LogP) is 1.37. The predicted molar refractivity (Wildman–Crippen MR) is 113 cm³/mol. The van der Waals surface area contributed by atoms with Crippen LogP contribution >= 0.6 is 0 Å². The van der Waals surface area contributed by atoms with Gasteiger partial charge < -0.3 is 15.0 Å². The number of amides is 2. The van der Waals surface area contributed by atoms with E-state index in [1.54, 1.807) is 53.4 Å². The molecule has 2 aromatic rings. The van der Waals surface area contributed by atoms with Crippen LogP contribution in [0.2, 0.25) is 0 Å². The zero-order chi connectivity index (χ0) is 21.7.